The Bertz CT molecular complexity index is 701. The summed E-state index contributed by atoms with van der Waals surface area (Å²) >= 11 is 0. The van der Waals surface area contributed by atoms with E-state index < -0.39 is 17.3 Å². The number of benzene rings is 1. The van der Waals surface area contributed by atoms with E-state index in [0.29, 0.717) is 17.8 Å². The van der Waals surface area contributed by atoms with Gasteiger partial charge < -0.3 is 15.5 Å². The number of fused-ring (bicyclic) bond motifs is 2. The van der Waals surface area contributed by atoms with Crippen molar-refractivity contribution in [2.75, 3.05) is 32.5 Å². The van der Waals surface area contributed by atoms with Gasteiger partial charge in [-0.25, -0.2) is 0 Å². The summed E-state index contributed by atoms with van der Waals surface area (Å²) in [7, 11) is 3.95. The number of carbonyl (C=O) groups is 3. The number of hydrogen-bond acceptors (Lipinski definition) is 4. The maximum absolute atomic E-state index is 12.9. The average molecular weight is 329 g/mol. The van der Waals surface area contributed by atoms with Crippen molar-refractivity contribution < 1.29 is 14.4 Å². The predicted octanol–water partition coefficient (Wildman–Crippen LogP) is 1.14. The van der Waals surface area contributed by atoms with Crippen molar-refractivity contribution in [3.63, 3.8) is 0 Å². The van der Waals surface area contributed by atoms with E-state index in [4.69, 9.17) is 0 Å². The molecule has 1 aliphatic heterocycles. The van der Waals surface area contributed by atoms with Crippen molar-refractivity contribution in [1.29, 1.82) is 0 Å². The molecule has 0 radical (unpaired) electrons. The summed E-state index contributed by atoms with van der Waals surface area (Å²) in [4.78, 5) is 39.9. The van der Waals surface area contributed by atoms with E-state index in [1.54, 1.807) is 31.2 Å². The molecular weight excluding hydrogens is 306 g/mol. The van der Waals surface area contributed by atoms with Crippen LogP contribution in [0.1, 0.15) is 23.7 Å². The van der Waals surface area contributed by atoms with Gasteiger partial charge in [0.25, 0.3) is 0 Å². The number of nitrogens with one attached hydrogen (secondary N) is 2. The molecule has 1 saturated carbocycles. The van der Waals surface area contributed by atoms with Crippen molar-refractivity contribution in [2.45, 2.75) is 13.3 Å². The molecule has 2 amide bonds. The third kappa shape index (κ3) is 2.60. The Morgan fingerprint density at radius 2 is 2.00 bits per heavy atom. The second-order valence-corrected chi connectivity index (χ2v) is 7.05. The van der Waals surface area contributed by atoms with Gasteiger partial charge in [0, 0.05) is 12.1 Å². The van der Waals surface area contributed by atoms with Gasteiger partial charge >= 0.3 is 0 Å². The average Bonchev–Trinajstić information content (AvgIpc) is 3.19. The third-order valence-corrected chi connectivity index (χ3v) is 5.08. The van der Waals surface area contributed by atoms with E-state index in [1.165, 1.54) is 0 Å². The molecule has 1 heterocycles. The van der Waals surface area contributed by atoms with E-state index in [-0.39, 0.29) is 17.6 Å². The van der Waals surface area contributed by atoms with Gasteiger partial charge in [-0.05, 0) is 39.2 Å². The van der Waals surface area contributed by atoms with Gasteiger partial charge in [-0.1, -0.05) is 19.1 Å². The summed E-state index contributed by atoms with van der Waals surface area (Å²) < 4.78 is 0. The maximum Gasteiger partial charge on any atom is 0.229 e. The zero-order valence-electron chi connectivity index (χ0n) is 14.3. The van der Waals surface area contributed by atoms with Crippen molar-refractivity contribution in [3.05, 3.63) is 29.8 Å². The van der Waals surface area contributed by atoms with Crippen LogP contribution in [-0.2, 0) is 9.59 Å². The molecule has 2 aliphatic rings. The Kier molecular flexibility index (Phi) is 4.17. The van der Waals surface area contributed by atoms with Crippen molar-refractivity contribution in [2.24, 2.45) is 17.3 Å². The van der Waals surface area contributed by atoms with Gasteiger partial charge in [0.05, 0.1) is 22.9 Å². The predicted molar refractivity (Wildman–Crippen MR) is 90.7 cm³/mol. The lowest BCUT2D eigenvalue weighted by atomic mass is 9.92. The molecule has 1 aromatic rings. The molecule has 2 N–H and O–H groups in total. The van der Waals surface area contributed by atoms with E-state index in [2.05, 4.69) is 10.6 Å². The van der Waals surface area contributed by atoms with Crippen LogP contribution in [0.4, 0.5) is 5.69 Å². The molecule has 0 saturated heterocycles. The second kappa shape index (κ2) is 6.02. The Hall–Kier alpha value is -2.21. The number of Topliss-reactive ketones (excluding diaryl/α,β-unsaturated/α-hetero) is 1. The highest BCUT2D eigenvalue weighted by Gasteiger charge is 2.73. The van der Waals surface area contributed by atoms with Crippen LogP contribution in [0, 0.1) is 17.3 Å². The standard InChI is InChI=1S/C18H23N3O3/c1-18-13(16(23)19-9-6-10-21(2)3)14(18)17(24)20-12-8-5-4-7-11(12)15(18)22/h4-5,7-8,13-14H,6,9-10H2,1-3H3,(H,19,23)(H,20,24)/t13-,14+,18+/m0/s1. The van der Waals surface area contributed by atoms with Crippen LogP contribution in [0.25, 0.3) is 0 Å². The molecule has 1 fully saturated rings. The highest BCUT2D eigenvalue weighted by molar-refractivity contribution is 6.19. The maximum atomic E-state index is 12.9. The zero-order chi connectivity index (χ0) is 17.5. The number of amides is 2. The number of rotatable bonds is 5. The SMILES string of the molecule is CN(C)CCCNC(=O)[C@@H]1[C@@H]2C(=O)Nc3ccccc3C(=O)[C@]12C. The number of carbonyl (C=O) groups excluding carboxylic acids is 3. The Morgan fingerprint density at radius 1 is 1.29 bits per heavy atom. The molecule has 0 aromatic heterocycles. The Labute approximate surface area is 141 Å². The zero-order valence-corrected chi connectivity index (χ0v) is 14.3. The van der Waals surface area contributed by atoms with Crippen LogP contribution in [0.15, 0.2) is 24.3 Å². The first-order valence-electron chi connectivity index (χ1n) is 8.24. The minimum absolute atomic E-state index is 0.130. The molecule has 6 nitrogen and oxygen atoms in total. The quantitative estimate of drug-likeness (QED) is 0.794. The van der Waals surface area contributed by atoms with Gasteiger partial charge in [0.1, 0.15) is 0 Å². The number of anilines is 1. The highest BCUT2D eigenvalue weighted by atomic mass is 16.2. The van der Waals surface area contributed by atoms with Crippen molar-refractivity contribution in [1.82, 2.24) is 10.2 Å². The van der Waals surface area contributed by atoms with Crippen LogP contribution < -0.4 is 10.6 Å². The molecule has 24 heavy (non-hydrogen) atoms. The summed E-state index contributed by atoms with van der Waals surface area (Å²) in [5, 5.41) is 5.66. The van der Waals surface area contributed by atoms with Crippen LogP contribution in [-0.4, -0.2) is 49.7 Å². The summed E-state index contributed by atoms with van der Waals surface area (Å²) in [5.41, 5.74) is 0.0762. The smallest absolute Gasteiger partial charge is 0.229 e. The van der Waals surface area contributed by atoms with Crippen LogP contribution in [0.2, 0.25) is 0 Å². The summed E-state index contributed by atoms with van der Waals surface area (Å²) in [6.07, 6.45) is 0.829. The van der Waals surface area contributed by atoms with Crippen molar-refractivity contribution in [3.8, 4) is 0 Å². The monoisotopic (exact) mass is 329 g/mol. The molecule has 3 atom stereocenters. The van der Waals surface area contributed by atoms with E-state index in [0.717, 1.165) is 13.0 Å². The number of hydrogen-bond donors (Lipinski definition) is 2. The normalized spacial score (nSPS) is 27.8. The highest BCUT2D eigenvalue weighted by Crippen LogP contribution is 2.62. The summed E-state index contributed by atoms with van der Waals surface area (Å²) in [6.45, 7) is 3.15. The lowest BCUT2D eigenvalue weighted by Gasteiger charge is -2.13. The molecule has 1 aromatic carbocycles. The number of ketones is 1. The van der Waals surface area contributed by atoms with Gasteiger partial charge in [0.15, 0.2) is 5.78 Å². The number of para-hydroxylation sites is 1. The Balaban J connectivity index is 1.74. The largest absolute Gasteiger partial charge is 0.356 e. The topological polar surface area (TPSA) is 78.5 Å². The van der Waals surface area contributed by atoms with E-state index in [1.807, 2.05) is 19.0 Å². The molecule has 128 valence electrons. The molecule has 6 heteroatoms. The lowest BCUT2D eigenvalue weighted by molar-refractivity contribution is -0.125. The molecular formula is C18H23N3O3. The Morgan fingerprint density at radius 3 is 2.71 bits per heavy atom. The molecule has 0 unspecified atom stereocenters. The lowest BCUT2D eigenvalue weighted by Crippen LogP contribution is -2.32. The summed E-state index contributed by atoms with van der Waals surface area (Å²) in [6, 6.07) is 6.97. The molecule has 1 aliphatic carbocycles. The van der Waals surface area contributed by atoms with Crippen LogP contribution >= 0.6 is 0 Å². The van der Waals surface area contributed by atoms with Crippen LogP contribution in [0.3, 0.4) is 0 Å². The van der Waals surface area contributed by atoms with Gasteiger partial charge in [0.2, 0.25) is 11.8 Å². The first kappa shape index (κ1) is 16.6. The van der Waals surface area contributed by atoms with Gasteiger partial charge in [-0.15, -0.1) is 0 Å². The van der Waals surface area contributed by atoms with E-state index in [9.17, 15) is 14.4 Å². The number of nitrogens with zero attached hydrogens (tertiary/aromatic N) is 1. The third-order valence-electron chi connectivity index (χ3n) is 5.08. The first-order valence-corrected chi connectivity index (χ1v) is 8.24. The molecule has 0 bridgehead atoms. The minimum atomic E-state index is -0.942. The first-order chi connectivity index (χ1) is 11.4. The van der Waals surface area contributed by atoms with E-state index >= 15 is 0 Å². The fraction of sp³-hybridized carbons (Fsp3) is 0.500. The molecule has 0 spiro atoms. The fourth-order valence-corrected chi connectivity index (χ4v) is 3.65. The van der Waals surface area contributed by atoms with Gasteiger partial charge in [-0.3, -0.25) is 14.4 Å². The summed E-state index contributed by atoms with van der Waals surface area (Å²) in [5.74, 6) is -1.76. The van der Waals surface area contributed by atoms with Crippen LogP contribution in [0.5, 0.6) is 0 Å². The van der Waals surface area contributed by atoms with Gasteiger partial charge in [-0.2, -0.15) is 0 Å². The van der Waals surface area contributed by atoms with Crippen molar-refractivity contribution >= 4 is 23.3 Å². The second-order valence-electron chi connectivity index (χ2n) is 7.05. The molecule has 3 rings (SSSR count). The fourth-order valence-electron chi connectivity index (χ4n) is 3.65. The minimum Gasteiger partial charge on any atom is -0.356 e.